The van der Waals surface area contributed by atoms with Gasteiger partial charge in [0.25, 0.3) is 5.91 Å². The summed E-state index contributed by atoms with van der Waals surface area (Å²) in [7, 11) is 0. The van der Waals surface area contributed by atoms with E-state index in [0.29, 0.717) is 37.9 Å². The number of likely N-dealkylation sites (tertiary alicyclic amines) is 1. The zero-order valence-electron chi connectivity index (χ0n) is 14.9. The van der Waals surface area contributed by atoms with E-state index in [-0.39, 0.29) is 36.9 Å². The van der Waals surface area contributed by atoms with Gasteiger partial charge in [0.2, 0.25) is 5.91 Å². The van der Waals surface area contributed by atoms with Crippen molar-refractivity contribution >= 4 is 23.6 Å². The highest BCUT2D eigenvalue weighted by Gasteiger charge is 2.24. The Morgan fingerprint density at radius 3 is 2.41 bits per heavy atom. The number of carbonyl (C=O) groups is 3. The van der Waals surface area contributed by atoms with Crippen molar-refractivity contribution in [1.29, 1.82) is 5.41 Å². The normalized spacial score (nSPS) is 14.6. The summed E-state index contributed by atoms with van der Waals surface area (Å²) in [6.45, 7) is 0.506. The number of hydrogen-bond acceptors (Lipinski definition) is 5. The topological polar surface area (TPSA) is 146 Å². The fourth-order valence-electron chi connectivity index (χ4n) is 2.82. The van der Waals surface area contributed by atoms with Crippen LogP contribution in [0.25, 0.3) is 0 Å². The van der Waals surface area contributed by atoms with Crippen LogP contribution in [0, 0.1) is 5.41 Å². The molecule has 0 aliphatic carbocycles. The first kappa shape index (κ1) is 20.4. The number of carboxylic acid groups (broad SMARTS) is 1. The van der Waals surface area contributed by atoms with Gasteiger partial charge in [0, 0.05) is 25.1 Å². The largest absolute Gasteiger partial charge is 0.480 e. The van der Waals surface area contributed by atoms with E-state index in [1.165, 1.54) is 0 Å². The van der Waals surface area contributed by atoms with Gasteiger partial charge in [0.15, 0.2) is 0 Å². The predicted octanol–water partition coefficient (Wildman–Crippen LogP) is -0.0129. The smallest absolute Gasteiger partial charge is 0.329 e. The Morgan fingerprint density at radius 1 is 1.22 bits per heavy atom. The Balaban J connectivity index is 1.74. The summed E-state index contributed by atoms with van der Waals surface area (Å²) >= 11 is 0. The lowest BCUT2D eigenvalue weighted by Crippen LogP contribution is -2.45. The minimum atomic E-state index is -1.01. The van der Waals surface area contributed by atoms with E-state index in [1.54, 1.807) is 29.2 Å². The fourth-order valence-corrected chi connectivity index (χ4v) is 2.82. The van der Waals surface area contributed by atoms with E-state index < -0.39 is 5.97 Å². The van der Waals surface area contributed by atoms with Crippen molar-refractivity contribution in [1.82, 2.24) is 10.2 Å². The molecule has 0 bridgehead atoms. The van der Waals surface area contributed by atoms with Gasteiger partial charge in [0.05, 0.1) is 18.5 Å². The molecule has 1 heterocycles. The summed E-state index contributed by atoms with van der Waals surface area (Å²) in [6.07, 6.45) is 1.31. The highest BCUT2D eigenvalue weighted by atomic mass is 16.5. The van der Waals surface area contributed by atoms with Crippen LogP contribution in [0.5, 0.6) is 0 Å². The Morgan fingerprint density at radius 2 is 1.85 bits per heavy atom. The van der Waals surface area contributed by atoms with Crippen molar-refractivity contribution in [3.05, 3.63) is 35.4 Å². The molecular formula is C18H24N4O5. The molecule has 27 heavy (non-hydrogen) atoms. The van der Waals surface area contributed by atoms with Crippen molar-refractivity contribution in [3.8, 4) is 0 Å². The second kappa shape index (κ2) is 9.67. The van der Waals surface area contributed by atoms with E-state index >= 15 is 0 Å². The first-order valence-corrected chi connectivity index (χ1v) is 8.66. The molecule has 2 amide bonds. The van der Waals surface area contributed by atoms with Crippen LogP contribution in [0.15, 0.2) is 24.3 Å². The first-order valence-electron chi connectivity index (χ1n) is 8.66. The van der Waals surface area contributed by atoms with Crippen LogP contribution in [0.2, 0.25) is 0 Å². The van der Waals surface area contributed by atoms with Gasteiger partial charge < -0.3 is 25.8 Å². The molecule has 0 radical (unpaired) electrons. The molecule has 146 valence electrons. The molecule has 9 heteroatoms. The van der Waals surface area contributed by atoms with Gasteiger partial charge in [-0.25, -0.2) is 4.79 Å². The Hall–Kier alpha value is -2.94. The Labute approximate surface area is 157 Å². The number of nitrogens with one attached hydrogen (secondary N) is 2. The number of benzene rings is 1. The lowest BCUT2D eigenvalue weighted by Gasteiger charge is -2.31. The van der Waals surface area contributed by atoms with Crippen LogP contribution in [0.4, 0.5) is 0 Å². The quantitative estimate of drug-likeness (QED) is 0.371. The molecular weight excluding hydrogens is 352 g/mol. The van der Waals surface area contributed by atoms with Crippen molar-refractivity contribution in [2.45, 2.75) is 25.4 Å². The van der Waals surface area contributed by atoms with Gasteiger partial charge in [-0.05, 0) is 30.5 Å². The maximum Gasteiger partial charge on any atom is 0.329 e. The summed E-state index contributed by atoms with van der Waals surface area (Å²) in [4.78, 5) is 36.5. The van der Waals surface area contributed by atoms with Crippen LogP contribution < -0.4 is 11.1 Å². The number of amides is 2. The van der Waals surface area contributed by atoms with Gasteiger partial charge >= 0.3 is 5.97 Å². The number of nitrogens with zero attached hydrogens (tertiary/aromatic N) is 1. The van der Waals surface area contributed by atoms with E-state index in [2.05, 4.69) is 5.32 Å². The number of aliphatic carboxylic acids is 1. The van der Waals surface area contributed by atoms with Gasteiger partial charge in [-0.15, -0.1) is 0 Å². The molecule has 0 atom stereocenters. The van der Waals surface area contributed by atoms with Crippen LogP contribution in [0.1, 0.15) is 28.8 Å². The minimum absolute atomic E-state index is 0.0509. The third-order valence-corrected chi connectivity index (χ3v) is 4.25. The second-order valence-electron chi connectivity index (χ2n) is 6.37. The summed E-state index contributed by atoms with van der Waals surface area (Å²) < 4.78 is 5.23. The van der Waals surface area contributed by atoms with Crippen molar-refractivity contribution in [2.75, 3.05) is 26.2 Å². The molecule has 1 saturated heterocycles. The van der Waals surface area contributed by atoms with Gasteiger partial charge in [0.1, 0.15) is 6.61 Å². The Kier molecular flexibility index (Phi) is 7.30. The zero-order chi connectivity index (χ0) is 19.8. The van der Waals surface area contributed by atoms with E-state index in [9.17, 15) is 14.4 Å². The summed E-state index contributed by atoms with van der Waals surface area (Å²) in [5.41, 5.74) is 6.60. The lowest BCUT2D eigenvalue weighted by atomic mass is 10.1. The van der Waals surface area contributed by atoms with Crippen LogP contribution >= 0.6 is 0 Å². The van der Waals surface area contributed by atoms with Crippen molar-refractivity contribution in [3.63, 3.8) is 0 Å². The molecule has 1 aromatic rings. The molecule has 0 unspecified atom stereocenters. The van der Waals surface area contributed by atoms with Crippen LogP contribution in [0.3, 0.4) is 0 Å². The highest BCUT2D eigenvalue weighted by molar-refractivity contribution is 5.96. The van der Waals surface area contributed by atoms with Crippen LogP contribution in [-0.4, -0.2) is 66.0 Å². The lowest BCUT2D eigenvalue weighted by molar-refractivity contribution is -0.146. The molecule has 1 aromatic carbocycles. The average Bonchev–Trinajstić information content (AvgIpc) is 2.64. The monoisotopic (exact) mass is 376 g/mol. The Bertz CT molecular complexity index is 696. The van der Waals surface area contributed by atoms with E-state index in [0.717, 1.165) is 5.56 Å². The molecule has 0 saturated carbocycles. The van der Waals surface area contributed by atoms with Crippen molar-refractivity contribution < 1.29 is 24.2 Å². The number of hydrogen-bond donors (Lipinski definition) is 4. The third-order valence-electron chi connectivity index (χ3n) is 4.25. The standard InChI is InChI=1S/C18H24N4O5/c19-15(20)9-12-1-3-13(4-2-12)18(26)21-10-16(23)22-7-5-14(6-8-22)27-11-17(24)25/h1-4,14H,5-11H2,(H3,19,20)(H,21,26)(H,24,25). The van der Waals surface area contributed by atoms with Crippen molar-refractivity contribution in [2.24, 2.45) is 5.73 Å². The second-order valence-corrected chi connectivity index (χ2v) is 6.37. The van der Waals surface area contributed by atoms with Gasteiger partial charge in [-0.1, -0.05) is 12.1 Å². The average molecular weight is 376 g/mol. The number of carboxylic acids is 1. The molecule has 9 nitrogen and oxygen atoms in total. The predicted molar refractivity (Wildman–Crippen MR) is 97.6 cm³/mol. The molecule has 5 N–H and O–H groups in total. The number of amidine groups is 1. The van der Waals surface area contributed by atoms with E-state index in [4.69, 9.17) is 21.0 Å². The molecule has 2 rings (SSSR count). The molecule has 0 spiro atoms. The van der Waals surface area contributed by atoms with E-state index in [1.807, 2.05) is 0 Å². The molecule has 1 aliphatic rings. The van der Waals surface area contributed by atoms with Gasteiger partial charge in [-0.3, -0.25) is 15.0 Å². The zero-order valence-corrected chi connectivity index (χ0v) is 14.9. The number of nitrogens with two attached hydrogens (primary N) is 1. The summed E-state index contributed by atoms with van der Waals surface area (Å²) in [6, 6.07) is 6.70. The maximum atomic E-state index is 12.2. The van der Waals surface area contributed by atoms with Gasteiger partial charge in [-0.2, -0.15) is 0 Å². The summed E-state index contributed by atoms with van der Waals surface area (Å²) in [5.74, 6) is -1.49. The SMILES string of the molecule is N=C(N)Cc1ccc(C(=O)NCC(=O)N2CCC(OCC(=O)O)CC2)cc1. The molecule has 1 fully saturated rings. The highest BCUT2D eigenvalue weighted by Crippen LogP contribution is 2.13. The minimum Gasteiger partial charge on any atom is -0.480 e. The number of ether oxygens (including phenoxy) is 1. The summed E-state index contributed by atoms with van der Waals surface area (Å²) in [5, 5.41) is 18.5. The number of rotatable bonds is 8. The number of carbonyl (C=O) groups excluding carboxylic acids is 2. The molecule has 0 aromatic heterocycles. The fraction of sp³-hybridized carbons (Fsp3) is 0.444. The third kappa shape index (κ3) is 6.70. The first-order chi connectivity index (χ1) is 12.8. The molecule has 1 aliphatic heterocycles. The number of piperidine rings is 1. The maximum absolute atomic E-state index is 12.2. The van der Waals surface area contributed by atoms with Crippen LogP contribution in [-0.2, 0) is 20.7 Å².